The number of carboxylic acids is 2. The second-order valence-corrected chi connectivity index (χ2v) is 11.3. The van der Waals surface area contributed by atoms with Gasteiger partial charge in [0.25, 0.3) is 0 Å². The Balaban J connectivity index is 1.47. The molecule has 0 aliphatic heterocycles. The number of H-pyrrole nitrogens is 2. The Bertz CT molecular complexity index is 1810. The van der Waals surface area contributed by atoms with Crippen LogP contribution >= 0.6 is 0 Å². The van der Waals surface area contributed by atoms with Crippen LogP contribution in [-0.4, -0.2) is 86.5 Å². The van der Waals surface area contributed by atoms with E-state index in [1.54, 1.807) is 24.5 Å². The molecule has 0 radical (unpaired) electrons. The van der Waals surface area contributed by atoms with E-state index < -0.39 is 60.2 Å². The topological polar surface area (TPSA) is 284 Å². The number of carbonyl (C=O) groups excluding carboxylic acids is 3. The van der Waals surface area contributed by atoms with Crippen LogP contribution in [0.1, 0.15) is 30.4 Å². The molecule has 0 aliphatic rings. The molecule has 4 unspecified atom stereocenters. The Morgan fingerprint density at radius 2 is 1.25 bits per heavy atom. The zero-order valence-electron chi connectivity index (χ0n) is 25.9. The number of carboxylic acid groups (broad SMARTS) is 2. The average molecular weight is 662 g/mol. The summed E-state index contributed by atoms with van der Waals surface area (Å²) in [5.74, 6) is -5.52. The summed E-state index contributed by atoms with van der Waals surface area (Å²) in [6.45, 7) is 0.122. The van der Waals surface area contributed by atoms with E-state index in [2.05, 4.69) is 30.9 Å². The fraction of sp³-hybridized carbons (Fsp3) is 0.312. The van der Waals surface area contributed by atoms with Crippen molar-refractivity contribution >= 4 is 57.4 Å². The van der Waals surface area contributed by atoms with Gasteiger partial charge in [-0.15, -0.1) is 0 Å². The van der Waals surface area contributed by atoms with Crippen LogP contribution in [0, 0.1) is 0 Å². The molecule has 13 N–H and O–H groups in total. The second-order valence-electron chi connectivity index (χ2n) is 11.3. The quantitative estimate of drug-likeness (QED) is 0.0405. The number of hydrogen-bond donors (Lipinski definition) is 10. The largest absolute Gasteiger partial charge is 0.481 e. The summed E-state index contributed by atoms with van der Waals surface area (Å²) in [6, 6.07) is 9.26. The van der Waals surface area contributed by atoms with E-state index in [1.165, 1.54) is 0 Å². The minimum Gasteiger partial charge on any atom is -0.481 e. The molecule has 0 saturated heterocycles. The molecule has 3 amide bonds. The number of nitrogens with two attached hydrogens (primary N) is 3. The van der Waals surface area contributed by atoms with Gasteiger partial charge in [-0.25, -0.2) is 4.79 Å². The molecule has 4 atom stereocenters. The Morgan fingerprint density at radius 1 is 0.729 bits per heavy atom. The molecule has 0 saturated carbocycles. The number of aromatic amines is 2. The summed E-state index contributed by atoms with van der Waals surface area (Å²) >= 11 is 0. The van der Waals surface area contributed by atoms with Crippen LogP contribution in [0.2, 0.25) is 0 Å². The predicted octanol–water partition coefficient (Wildman–Crippen LogP) is -0.171. The molecule has 2 aromatic heterocycles. The number of para-hydroxylation sites is 2. The van der Waals surface area contributed by atoms with E-state index in [-0.39, 0.29) is 38.2 Å². The van der Waals surface area contributed by atoms with E-state index in [9.17, 15) is 34.2 Å². The highest BCUT2D eigenvalue weighted by Gasteiger charge is 2.32. The van der Waals surface area contributed by atoms with Gasteiger partial charge < -0.3 is 53.3 Å². The average Bonchev–Trinajstić information content (AvgIpc) is 3.65. The molecular weight excluding hydrogens is 622 g/mol. The first-order valence-electron chi connectivity index (χ1n) is 15.2. The van der Waals surface area contributed by atoms with E-state index in [1.807, 2.05) is 36.4 Å². The molecule has 16 heteroatoms. The van der Waals surface area contributed by atoms with Crippen molar-refractivity contribution in [1.82, 2.24) is 25.9 Å². The Labute approximate surface area is 274 Å². The lowest BCUT2D eigenvalue weighted by molar-refractivity contribution is -0.143. The number of amides is 3. The second kappa shape index (κ2) is 16.1. The fourth-order valence-corrected chi connectivity index (χ4v) is 5.33. The minimum absolute atomic E-state index is 0.00782. The lowest BCUT2D eigenvalue weighted by atomic mass is 10.0. The normalized spacial score (nSPS) is 13.6. The van der Waals surface area contributed by atoms with Gasteiger partial charge in [-0.1, -0.05) is 36.4 Å². The number of aliphatic imine (C=N–C) groups is 1. The van der Waals surface area contributed by atoms with E-state index >= 15 is 0 Å². The lowest BCUT2D eigenvalue weighted by Gasteiger charge is -2.24. The molecule has 0 fully saturated rings. The Morgan fingerprint density at radius 3 is 1.81 bits per heavy atom. The lowest BCUT2D eigenvalue weighted by Crippen LogP contribution is -2.57. The minimum atomic E-state index is -1.67. The third kappa shape index (κ3) is 9.32. The van der Waals surface area contributed by atoms with Crippen molar-refractivity contribution in [2.75, 3.05) is 6.54 Å². The first-order valence-corrected chi connectivity index (χ1v) is 15.2. The van der Waals surface area contributed by atoms with Gasteiger partial charge in [0.1, 0.15) is 18.1 Å². The maximum absolute atomic E-state index is 13.5. The molecule has 0 bridgehead atoms. The first kappa shape index (κ1) is 35.0. The third-order valence-corrected chi connectivity index (χ3v) is 7.76. The van der Waals surface area contributed by atoms with Gasteiger partial charge in [-0.05, 0) is 42.5 Å². The van der Waals surface area contributed by atoms with Crippen LogP contribution in [0.3, 0.4) is 0 Å². The Hall–Kier alpha value is -5.90. The van der Waals surface area contributed by atoms with Gasteiger partial charge in [0, 0.05) is 47.2 Å². The van der Waals surface area contributed by atoms with Crippen molar-refractivity contribution in [2.45, 2.75) is 56.3 Å². The summed E-state index contributed by atoms with van der Waals surface area (Å²) in [5.41, 5.74) is 20.0. The monoisotopic (exact) mass is 661 g/mol. The maximum atomic E-state index is 13.5. The van der Waals surface area contributed by atoms with Crippen molar-refractivity contribution in [2.24, 2.45) is 22.2 Å². The number of carbonyl (C=O) groups is 5. The van der Waals surface area contributed by atoms with Crippen LogP contribution in [0.4, 0.5) is 0 Å². The summed E-state index contributed by atoms with van der Waals surface area (Å²) < 4.78 is 0. The predicted molar refractivity (Wildman–Crippen MR) is 178 cm³/mol. The van der Waals surface area contributed by atoms with Crippen molar-refractivity contribution < 1.29 is 34.2 Å². The molecule has 4 rings (SSSR count). The number of nitrogens with zero attached hydrogens (tertiary/aromatic N) is 1. The zero-order valence-corrected chi connectivity index (χ0v) is 25.9. The number of fused-ring (bicyclic) bond motifs is 2. The van der Waals surface area contributed by atoms with Crippen LogP contribution in [0.15, 0.2) is 65.9 Å². The Kier molecular flexibility index (Phi) is 11.7. The molecule has 0 spiro atoms. The first-order chi connectivity index (χ1) is 22.9. The smallest absolute Gasteiger partial charge is 0.326 e. The van der Waals surface area contributed by atoms with Crippen LogP contribution in [-0.2, 0) is 36.8 Å². The van der Waals surface area contributed by atoms with Gasteiger partial charge in [-0.3, -0.25) is 24.2 Å². The summed E-state index contributed by atoms with van der Waals surface area (Å²) in [7, 11) is 0. The highest BCUT2D eigenvalue weighted by molar-refractivity contribution is 5.96. The zero-order chi connectivity index (χ0) is 34.8. The van der Waals surface area contributed by atoms with E-state index in [0.29, 0.717) is 5.56 Å². The number of aliphatic carboxylic acids is 2. The van der Waals surface area contributed by atoms with Gasteiger partial charge in [0.15, 0.2) is 5.96 Å². The molecule has 254 valence electrons. The number of aromatic nitrogens is 2. The van der Waals surface area contributed by atoms with Gasteiger partial charge >= 0.3 is 11.9 Å². The molecule has 16 nitrogen and oxygen atoms in total. The summed E-state index contributed by atoms with van der Waals surface area (Å²) in [4.78, 5) is 73.8. The number of guanidine groups is 1. The number of benzene rings is 2. The highest BCUT2D eigenvalue weighted by atomic mass is 16.4. The third-order valence-electron chi connectivity index (χ3n) is 7.76. The van der Waals surface area contributed by atoms with Crippen molar-refractivity contribution in [3.05, 3.63) is 72.1 Å². The van der Waals surface area contributed by atoms with Gasteiger partial charge in [0.05, 0.1) is 12.5 Å². The van der Waals surface area contributed by atoms with Crippen molar-refractivity contribution in [3.8, 4) is 0 Å². The van der Waals surface area contributed by atoms with Crippen LogP contribution < -0.4 is 33.2 Å². The standard InChI is InChI=1S/C32H39N9O7/c33-21(12-17-15-37-22-8-3-1-6-19(17)22)28(44)39-24(10-5-11-36-32(34)35)29(45)40-25(14-27(42)43)30(46)41-26(31(47)48)13-18-16-38-23-9-4-2-7-20(18)23/h1-4,6-9,15-16,21,24-26,37-38H,5,10-14,33H2,(H,39,44)(H,40,45)(H,41,46)(H,42,43)(H,47,48)(H4,34,35,36). The molecular formula is C32H39N9O7. The molecule has 2 aromatic carbocycles. The van der Waals surface area contributed by atoms with Gasteiger partial charge in [0.2, 0.25) is 17.7 Å². The molecule has 0 aliphatic carbocycles. The van der Waals surface area contributed by atoms with Crippen LogP contribution in [0.5, 0.6) is 0 Å². The van der Waals surface area contributed by atoms with Crippen molar-refractivity contribution in [3.63, 3.8) is 0 Å². The SMILES string of the molecule is NC(N)=NCCCC(NC(=O)C(N)Cc1c[nH]c2ccccc12)C(=O)NC(CC(=O)O)C(=O)NC(Cc1c[nH]c2ccccc12)C(=O)O. The number of nitrogens with one attached hydrogen (secondary N) is 5. The summed E-state index contributed by atoms with van der Waals surface area (Å²) in [5, 5.41) is 28.3. The fourth-order valence-electron chi connectivity index (χ4n) is 5.33. The highest BCUT2D eigenvalue weighted by Crippen LogP contribution is 2.20. The number of rotatable bonds is 17. The summed E-state index contributed by atoms with van der Waals surface area (Å²) in [6.07, 6.45) is 2.79. The van der Waals surface area contributed by atoms with E-state index in [0.717, 1.165) is 27.4 Å². The van der Waals surface area contributed by atoms with E-state index in [4.69, 9.17) is 17.2 Å². The van der Waals surface area contributed by atoms with Gasteiger partial charge in [-0.2, -0.15) is 0 Å². The van der Waals surface area contributed by atoms with Crippen LogP contribution in [0.25, 0.3) is 21.8 Å². The van der Waals surface area contributed by atoms with Crippen molar-refractivity contribution in [1.29, 1.82) is 0 Å². The molecule has 48 heavy (non-hydrogen) atoms. The molecule has 2 heterocycles. The molecule has 4 aromatic rings. The number of hydrogen-bond acceptors (Lipinski definition) is 7. The maximum Gasteiger partial charge on any atom is 0.326 e.